The molecule has 18 heavy (non-hydrogen) atoms. The summed E-state index contributed by atoms with van der Waals surface area (Å²) in [6.07, 6.45) is 0. The fraction of sp³-hybridized carbons (Fsp3) is 0.200. The molecule has 2 aromatic rings. The summed E-state index contributed by atoms with van der Waals surface area (Å²) in [6, 6.07) is 2.52. The van der Waals surface area contributed by atoms with Gasteiger partial charge in [0.25, 0.3) is 11.2 Å². The lowest BCUT2D eigenvalue weighted by molar-refractivity contribution is -0.383. The molecule has 1 heterocycles. The lowest BCUT2D eigenvalue weighted by atomic mass is 10.2. The number of hydrogen-bond donors (Lipinski definition) is 2. The van der Waals surface area contributed by atoms with E-state index in [9.17, 15) is 19.7 Å². The molecule has 0 saturated carbocycles. The Labute approximate surface area is 100 Å². The molecule has 2 N–H and O–H groups in total. The summed E-state index contributed by atoms with van der Waals surface area (Å²) in [5.74, 6) is 0. The van der Waals surface area contributed by atoms with E-state index in [-0.39, 0.29) is 22.3 Å². The first-order valence-corrected chi connectivity index (χ1v) is 5.05. The number of aromatic nitrogens is 2. The van der Waals surface area contributed by atoms with E-state index in [2.05, 4.69) is 10.3 Å². The molecular formula is C10H10N4O4. The van der Waals surface area contributed by atoms with Crippen molar-refractivity contribution in [1.82, 2.24) is 9.55 Å². The number of aromatic amines is 1. The van der Waals surface area contributed by atoms with Crippen LogP contribution in [0, 0.1) is 10.1 Å². The van der Waals surface area contributed by atoms with Crippen LogP contribution in [0.5, 0.6) is 0 Å². The van der Waals surface area contributed by atoms with Gasteiger partial charge in [-0.3, -0.25) is 19.5 Å². The highest BCUT2D eigenvalue weighted by atomic mass is 16.6. The number of hydrogen-bond acceptors (Lipinski definition) is 5. The number of nitrogens with one attached hydrogen (secondary N) is 2. The van der Waals surface area contributed by atoms with Crippen molar-refractivity contribution in [2.24, 2.45) is 7.05 Å². The lowest BCUT2D eigenvalue weighted by Gasteiger charge is -2.05. The van der Waals surface area contributed by atoms with Gasteiger partial charge in [-0.05, 0) is 6.07 Å². The van der Waals surface area contributed by atoms with Crippen LogP contribution in [0.15, 0.2) is 21.7 Å². The van der Waals surface area contributed by atoms with Crippen molar-refractivity contribution in [1.29, 1.82) is 0 Å². The van der Waals surface area contributed by atoms with Gasteiger partial charge in [0.2, 0.25) is 0 Å². The molecule has 8 nitrogen and oxygen atoms in total. The number of H-pyrrole nitrogens is 1. The summed E-state index contributed by atoms with van der Waals surface area (Å²) in [6.45, 7) is 0. The van der Waals surface area contributed by atoms with Gasteiger partial charge in [-0.2, -0.15) is 0 Å². The van der Waals surface area contributed by atoms with E-state index in [1.807, 2.05) is 0 Å². The Morgan fingerprint density at radius 2 is 2.06 bits per heavy atom. The molecule has 0 aliphatic rings. The zero-order valence-corrected chi connectivity index (χ0v) is 9.68. The number of anilines is 1. The van der Waals surface area contributed by atoms with Crippen LogP contribution in [-0.4, -0.2) is 21.5 Å². The Balaban J connectivity index is 2.97. The maximum absolute atomic E-state index is 11.8. The van der Waals surface area contributed by atoms with Crippen LogP contribution in [0.2, 0.25) is 0 Å². The molecule has 0 spiro atoms. The summed E-state index contributed by atoms with van der Waals surface area (Å²) in [7, 11) is 2.83. The monoisotopic (exact) mass is 250 g/mol. The minimum atomic E-state index is -0.587. The van der Waals surface area contributed by atoms with Crippen LogP contribution in [0.3, 0.4) is 0 Å². The third kappa shape index (κ3) is 1.63. The first kappa shape index (κ1) is 11.8. The normalized spacial score (nSPS) is 10.6. The van der Waals surface area contributed by atoms with Gasteiger partial charge >= 0.3 is 5.69 Å². The quantitative estimate of drug-likeness (QED) is 0.583. The number of fused-ring (bicyclic) bond motifs is 1. The standard InChI is InChI=1S/C10H10N4O4/c1-11-7-4-6-5(3-8(7)14(17)18)9(15)13(2)10(16)12-6/h3-4,11H,1-2H3,(H,12,16). The number of nitro benzene ring substituents is 1. The molecule has 94 valence electrons. The molecule has 0 aliphatic carbocycles. The fourth-order valence-electron chi connectivity index (χ4n) is 1.69. The number of nitrogens with zero attached hydrogens (tertiary/aromatic N) is 2. The minimum absolute atomic E-state index is 0.0998. The van der Waals surface area contributed by atoms with E-state index < -0.39 is 16.2 Å². The summed E-state index contributed by atoms with van der Waals surface area (Å²) in [5.41, 5.74) is -0.855. The highest BCUT2D eigenvalue weighted by Crippen LogP contribution is 2.26. The van der Waals surface area contributed by atoms with Gasteiger partial charge in [0.05, 0.1) is 15.8 Å². The second-order valence-electron chi connectivity index (χ2n) is 3.72. The largest absolute Gasteiger partial charge is 0.383 e. The van der Waals surface area contributed by atoms with E-state index in [1.54, 1.807) is 0 Å². The predicted octanol–water partition coefficient (Wildman–Crippen LogP) is 0.177. The van der Waals surface area contributed by atoms with Gasteiger partial charge in [0.15, 0.2) is 0 Å². The van der Waals surface area contributed by atoms with Gasteiger partial charge in [0, 0.05) is 20.2 Å². The Kier molecular flexibility index (Phi) is 2.62. The Bertz CT molecular complexity index is 759. The summed E-state index contributed by atoms with van der Waals surface area (Å²) < 4.78 is 0.866. The smallest absolute Gasteiger partial charge is 0.328 e. The average molecular weight is 250 g/mol. The van der Waals surface area contributed by atoms with E-state index in [1.165, 1.54) is 20.2 Å². The van der Waals surface area contributed by atoms with Crippen LogP contribution in [0.25, 0.3) is 10.9 Å². The van der Waals surface area contributed by atoms with Crippen LogP contribution in [0.1, 0.15) is 0 Å². The lowest BCUT2D eigenvalue weighted by Crippen LogP contribution is -2.32. The second kappa shape index (κ2) is 3.99. The molecule has 0 fully saturated rings. The first-order valence-electron chi connectivity index (χ1n) is 5.05. The molecule has 2 rings (SSSR count). The summed E-state index contributed by atoms with van der Waals surface area (Å²) >= 11 is 0. The zero-order valence-electron chi connectivity index (χ0n) is 9.68. The maximum atomic E-state index is 11.8. The molecule has 0 aliphatic heterocycles. The van der Waals surface area contributed by atoms with Gasteiger partial charge < -0.3 is 10.3 Å². The van der Waals surface area contributed by atoms with Crippen molar-refractivity contribution in [2.75, 3.05) is 12.4 Å². The highest BCUT2D eigenvalue weighted by molar-refractivity contribution is 5.86. The summed E-state index contributed by atoms with van der Waals surface area (Å²) in [4.78, 5) is 36.0. The molecule has 8 heteroatoms. The predicted molar refractivity (Wildman–Crippen MR) is 66.0 cm³/mol. The van der Waals surface area contributed by atoms with Crippen molar-refractivity contribution in [3.8, 4) is 0 Å². The van der Waals surface area contributed by atoms with Crippen LogP contribution in [0.4, 0.5) is 11.4 Å². The molecular weight excluding hydrogens is 240 g/mol. The SMILES string of the molecule is CNc1cc2[nH]c(=O)n(C)c(=O)c2cc1[N+](=O)[O-]. The number of rotatable bonds is 2. The molecule has 1 aromatic carbocycles. The third-order valence-corrected chi connectivity index (χ3v) is 2.68. The maximum Gasteiger partial charge on any atom is 0.328 e. The van der Waals surface area contributed by atoms with Crippen molar-refractivity contribution in [3.05, 3.63) is 43.1 Å². The van der Waals surface area contributed by atoms with Crippen LogP contribution < -0.4 is 16.6 Å². The molecule has 1 aromatic heterocycles. The van der Waals surface area contributed by atoms with E-state index in [0.29, 0.717) is 0 Å². The molecule has 0 saturated heterocycles. The zero-order chi connectivity index (χ0) is 13.4. The average Bonchev–Trinajstić information content (AvgIpc) is 2.34. The van der Waals surface area contributed by atoms with Gasteiger partial charge in [0.1, 0.15) is 5.69 Å². The minimum Gasteiger partial charge on any atom is -0.383 e. The fourth-order valence-corrected chi connectivity index (χ4v) is 1.69. The van der Waals surface area contributed by atoms with Gasteiger partial charge in [-0.1, -0.05) is 0 Å². The molecule has 0 atom stereocenters. The van der Waals surface area contributed by atoms with E-state index in [4.69, 9.17) is 0 Å². The topological polar surface area (TPSA) is 110 Å². The van der Waals surface area contributed by atoms with Crippen LogP contribution in [-0.2, 0) is 7.05 Å². The molecule has 0 amide bonds. The Hall–Kier alpha value is -2.64. The van der Waals surface area contributed by atoms with Crippen molar-refractivity contribution >= 4 is 22.3 Å². The van der Waals surface area contributed by atoms with E-state index in [0.717, 1.165) is 10.6 Å². The van der Waals surface area contributed by atoms with Crippen molar-refractivity contribution in [3.63, 3.8) is 0 Å². The van der Waals surface area contributed by atoms with Crippen LogP contribution >= 0.6 is 0 Å². The van der Waals surface area contributed by atoms with Gasteiger partial charge in [-0.15, -0.1) is 0 Å². The van der Waals surface area contributed by atoms with Crippen molar-refractivity contribution in [2.45, 2.75) is 0 Å². The second-order valence-corrected chi connectivity index (χ2v) is 3.72. The first-order chi connectivity index (χ1) is 8.45. The third-order valence-electron chi connectivity index (χ3n) is 2.68. The number of nitro groups is 1. The highest BCUT2D eigenvalue weighted by Gasteiger charge is 2.16. The summed E-state index contributed by atoms with van der Waals surface area (Å²) in [5, 5.41) is 13.6. The van der Waals surface area contributed by atoms with E-state index >= 15 is 0 Å². The Morgan fingerprint density at radius 1 is 1.39 bits per heavy atom. The van der Waals surface area contributed by atoms with Crippen molar-refractivity contribution < 1.29 is 4.92 Å². The van der Waals surface area contributed by atoms with Gasteiger partial charge in [-0.25, -0.2) is 4.79 Å². The molecule has 0 bridgehead atoms. The molecule has 0 radical (unpaired) electrons. The molecule has 0 unspecified atom stereocenters. The Morgan fingerprint density at radius 3 is 2.61 bits per heavy atom. The number of benzene rings is 1.